The molecule has 0 amide bonds. The standard InChI is InChI=1S/C11H13NO4/c1-7(10(13)14)12-6-8-2-4-9(5-3-8)11(15)16/h2-5,7,12H,6H2,1H3,(H,13,14)(H,15,16)/t7-/m0/s1. The van der Waals surface area contributed by atoms with Gasteiger partial charge in [0.25, 0.3) is 0 Å². The summed E-state index contributed by atoms with van der Waals surface area (Å²) >= 11 is 0. The summed E-state index contributed by atoms with van der Waals surface area (Å²) in [4.78, 5) is 21.0. The lowest BCUT2D eigenvalue weighted by molar-refractivity contribution is -0.695. The second-order valence-corrected chi connectivity index (χ2v) is 3.55. The van der Waals surface area contributed by atoms with E-state index in [0.717, 1.165) is 5.56 Å². The molecule has 1 aromatic rings. The van der Waals surface area contributed by atoms with E-state index in [1.165, 1.54) is 12.1 Å². The van der Waals surface area contributed by atoms with Crippen LogP contribution in [0.25, 0.3) is 0 Å². The first-order valence-electron chi connectivity index (χ1n) is 4.87. The number of aromatic carboxylic acids is 1. The highest BCUT2D eigenvalue weighted by molar-refractivity contribution is 5.87. The number of benzene rings is 1. The average molecular weight is 223 g/mol. The smallest absolute Gasteiger partial charge is 0.335 e. The van der Waals surface area contributed by atoms with Crippen LogP contribution in [0, 0.1) is 0 Å². The normalized spacial score (nSPS) is 12.1. The highest BCUT2D eigenvalue weighted by Gasteiger charge is 2.06. The zero-order valence-electron chi connectivity index (χ0n) is 8.84. The molecule has 0 bridgehead atoms. The average Bonchev–Trinajstić information content (AvgIpc) is 2.26. The van der Waals surface area contributed by atoms with Crippen molar-refractivity contribution in [2.24, 2.45) is 0 Å². The van der Waals surface area contributed by atoms with Gasteiger partial charge in [0.2, 0.25) is 0 Å². The molecule has 0 unspecified atom stereocenters. The summed E-state index contributed by atoms with van der Waals surface area (Å²) in [6, 6.07) is 5.72. The zero-order valence-corrected chi connectivity index (χ0v) is 8.84. The molecule has 0 aliphatic heterocycles. The Balaban J connectivity index is 2.56. The van der Waals surface area contributed by atoms with E-state index in [9.17, 15) is 14.7 Å². The van der Waals surface area contributed by atoms with Crippen molar-refractivity contribution in [2.75, 3.05) is 0 Å². The molecular formula is C11H13NO4. The van der Waals surface area contributed by atoms with Gasteiger partial charge in [-0.25, -0.2) is 4.79 Å². The Kier molecular flexibility index (Phi) is 4.02. The first-order valence-corrected chi connectivity index (χ1v) is 4.87. The molecular weight excluding hydrogens is 210 g/mol. The van der Waals surface area contributed by atoms with Crippen molar-refractivity contribution in [2.45, 2.75) is 19.5 Å². The number of carboxylic acid groups (broad SMARTS) is 2. The van der Waals surface area contributed by atoms with Crippen LogP contribution in [0.15, 0.2) is 24.3 Å². The molecule has 1 atom stereocenters. The number of carboxylic acids is 2. The molecule has 0 aromatic heterocycles. The summed E-state index contributed by atoms with van der Waals surface area (Å²) in [5.41, 5.74) is 1.09. The van der Waals surface area contributed by atoms with Crippen LogP contribution >= 0.6 is 0 Å². The van der Waals surface area contributed by atoms with Crippen LogP contribution in [0.2, 0.25) is 0 Å². The maximum atomic E-state index is 10.6. The predicted octanol–water partition coefficient (Wildman–Crippen LogP) is -1.41. The van der Waals surface area contributed by atoms with Crippen LogP contribution in [0.3, 0.4) is 0 Å². The lowest BCUT2D eigenvalue weighted by Gasteiger charge is -2.11. The van der Waals surface area contributed by atoms with Gasteiger partial charge >= 0.3 is 5.97 Å². The number of nitrogens with two attached hydrogens (primary N) is 1. The van der Waals surface area contributed by atoms with E-state index < -0.39 is 18.0 Å². The molecule has 0 fully saturated rings. The highest BCUT2D eigenvalue weighted by Crippen LogP contribution is 2.02. The summed E-state index contributed by atoms with van der Waals surface area (Å²) < 4.78 is 0. The molecule has 0 aliphatic carbocycles. The maximum absolute atomic E-state index is 10.6. The third-order valence-electron chi connectivity index (χ3n) is 2.28. The van der Waals surface area contributed by atoms with Crippen LogP contribution in [0.4, 0.5) is 0 Å². The van der Waals surface area contributed by atoms with E-state index in [2.05, 4.69) is 0 Å². The van der Waals surface area contributed by atoms with Crippen molar-refractivity contribution in [3.05, 3.63) is 35.4 Å². The minimum Gasteiger partial charge on any atom is -0.544 e. The number of aliphatic carboxylic acids is 1. The summed E-state index contributed by atoms with van der Waals surface area (Å²) in [6.07, 6.45) is 0. The second kappa shape index (κ2) is 5.27. The largest absolute Gasteiger partial charge is 0.544 e. The first-order chi connectivity index (χ1) is 7.50. The molecule has 5 heteroatoms. The molecule has 16 heavy (non-hydrogen) atoms. The first kappa shape index (κ1) is 12.2. The van der Waals surface area contributed by atoms with Crippen molar-refractivity contribution >= 4 is 11.9 Å². The second-order valence-electron chi connectivity index (χ2n) is 3.55. The quantitative estimate of drug-likeness (QED) is 0.641. The van der Waals surface area contributed by atoms with Crippen LogP contribution in [0.5, 0.6) is 0 Å². The lowest BCUT2D eigenvalue weighted by Crippen LogP contribution is -2.90. The van der Waals surface area contributed by atoms with Crippen molar-refractivity contribution < 1.29 is 25.1 Å². The van der Waals surface area contributed by atoms with E-state index in [1.807, 2.05) is 0 Å². The van der Waals surface area contributed by atoms with E-state index in [-0.39, 0.29) is 5.56 Å². The van der Waals surface area contributed by atoms with Gasteiger partial charge in [-0.3, -0.25) is 0 Å². The number of hydrogen-bond acceptors (Lipinski definition) is 3. The molecule has 1 aromatic carbocycles. The number of rotatable bonds is 5. The van der Waals surface area contributed by atoms with Crippen LogP contribution in [-0.2, 0) is 11.3 Å². The van der Waals surface area contributed by atoms with Crippen molar-refractivity contribution in [1.29, 1.82) is 0 Å². The number of carbonyl (C=O) groups is 2. The number of carbonyl (C=O) groups excluding carboxylic acids is 1. The van der Waals surface area contributed by atoms with Gasteiger partial charge < -0.3 is 20.3 Å². The minimum absolute atomic E-state index is 0.219. The van der Waals surface area contributed by atoms with Crippen molar-refractivity contribution in [3.63, 3.8) is 0 Å². The fourth-order valence-electron chi connectivity index (χ4n) is 1.19. The van der Waals surface area contributed by atoms with Crippen LogP contribution < -0.4 is 10.4 Å². The van der Waals surface area contributed by atoms with E-state index >= 15 is 0 Å². The van der Waals surface area contributed by atoms with Crippen molar-refractivity contribution in [1.82, 2.24) is 0 Å². The molecule has 1 rings (SSSR count). The molecule has 0 radical (unpaired) electrons. The van der Waals surface area contributed by atoms with Gasteiger partial charge in [0, 0.05) is 5.56 Å². The van der Waals surface area contributed by atoms with Gasteiger partial charge in [0.15, 0.2) is 0 Å². The summed E-state index contributed by atoms with van der Waals surface area (Å²) in [5, 5.41) is 20.7. The fourth-order valence-corrected chi connectivity index (χ4v) is 1.19. The topological polar surface area (TPSA) is 94.0 Å². The van der Waals surface area contributed by atoms with Gasteiger partial charge in [0.1, 0.15) is 12.6 Å². The van der Waals surface area contributed by atoms with Crippen LogP contribution in [-0.4, -0.2) is 23.1 Å². The molecule has 5 nitrogen and oxygen atoms in total. The third kappa shape index (κ3) is 3.36. The van der Waals surface area contributed by atoms with E-state index in [0.29, 0.717) is 6.54 Å². The third-order valence-corrected chi connectivity index (χ3v) is 2.28. The molecule has 0 spiro atoms. The number of quaternary nitrogens is 1. The summed E-state index contributed by atoms with van der Waals surface area (Å²) in [7, 11) is 0. The Hall–Kier alpha value is -1.88. The molecule has 0 saturated carbocycles. The maximum Gasteiger partial charge on any atom is 0.335 e. The molecule has 3 N–H and O–H groups in total. The molecule has 86 valence electrons. The summed E-state index contributed by atoms with van der Waals surface area (Å²) in [5.74, 6) is -2.08. The molecule has 0 saturated heterocycles. The van der Waals surface area contributed by atoms with Gasteiger partial charge in [-0.15, -0.1) is 0 Å². The predicted molar refractivity (Wildman–Crippen MR) is 53.5 cm³/mol. The Morgan fingerprint density at radius 2 is 1.94 bits per heavy atom. The van der Waals surface area contributed by atoms with Gasteiger partial charge in [-0.2, -0.15) is 0 Å². The Morgan fingerprint density at radius 1 is 1.38 bits per heavy atom. The molecule has 0 heterocycles. The van der Waals surface area contributed by atoms with Crippen LogP contribution in [0.1, 0.15) is 22.8 Å². The SMILES string of the molecule is C[C@H]([NH2+]Cc1ccc(C(=O)O)cc1)C(=O)[O-]. The zero-order chi connectivity index (χ0) is 12.1. The minimum atomic E-state index is -1.11. The van der Waals surface area contributed by atoms with Gasteiger partial charge in [0.05, 0.1) is 11.5 Å². The summed E-state index contributed by atoms with van der Waals surface area (Å²) in [6.45, 7) is 2.02. The van der Waals surface area contributed by atoms with E-state index in [4.69, 9.17) is 5.11 Å². The number of hydrogen-bond donors (Lipinski definition) is 2. The Labute approximate surface area is 92.7 Å². The lowest BCUT2D eigenvalue weighted by atomic mass is 10.1. The van der Waals surface area contributed by atoms with Gasteiger partial charge in [-0.05, 0) is 19.1 Å². The Morgan fingerprint density at radius 3 is 2.38 bits per heavy atom. The fraction of sp³-hybridized carbons (Fsp3) is 0.273. The van der Waals surface area contributed by atoms with Gasteiger partial charge in [-0.1, -0.05) is 12.1 Å². The van der Waals surface area contributed by atoms with Crippen molar-refractivity contribution in [3.8, 4) is 0 Å². The van der Waals surface area contributed by atoms with E-state index in [1.54, 1.807) is 24.4 Å². The monoisotopic (exact) mass is 223 g/mol. The molecule has 0 aliphatic rings. The Bertz CT molecular complexity index is 385. The highest BCUT2D eigenvalue weighted by atomic mass is 16.4.